The SMILES string of the molecule is COc1cc(Cl)c(CNC(=S)NC(=O)c2cccc(Cl)c2)cc1OC. The van der Waals surface area contributed by atoms with Gasteiger partial charge in [-0.25, -0.2) is 0 Å². The average Bonchev–Trinajstić information content (AvgIpc) is 2.60. The van der Waals surface area contributed by atoms with Crippen molar-refractivity contribution in [2.75, 3.05) is 14.2 Å². The van der Waals surface area contributed by atoms with Crippen LogP contribution >= 0.6 is 35.4 Å². The third-order valence-corrected chi connectivity index (χ3v) is 4.14. The first-order valence-corrected chi connectivity index (χ1v) is 8.36. The van der Waals surface area contributed by atoms with Crippen LogP contribution < -0.4 is 20.1 Å². The molecule has 0 saturated heterocycles. The second kappa shape index (κ2) is 8.89. The Balaban J connectivity index is 1.99. The number of carbonyl (C=O) groups is 1. The van der Waals surface area contributed by atoms with Crippen molar-refractivity contribution in [3.8, 4) is 11.5 Å². The molecule has 0 aromatic heterocycles. The molecule has 0 unspecified atom stereocenters. The van der Waals surface area contributed by atoms with Gasteiger partial charge in [0, 0.05) is 28.2 Å². The van der Waals surface area contributed by atoms with E-state index in [1.54, 1.807) is 43.5 Å². The van der Waals surface area contributed by atoms with Gasteiger partial charge in [0.2, 0.25) is 0 Å². The lowest BCUT2D eigenvalue weighted by atomic mass is 10.2. The maximum absolute atomic E-state index is 12.1. The van der Waals surface area contributed by atoms with E-state index in [1.807, 2.05) is 0 Å². The highest BCUT2D eigenvalue weighted by atomic mass is 35.5. The van der Waals surface area contributed by atoms with Crippen LogP contribution in [0.15, 0.2) is 36.4 Å². The fraction of sp³-hybridized carbons (Fsp3) is 0.176. The van der Waals surface area contributed by atoms with Gasteiger partial charge in [-0.05, 0) is 42.0 Å². The Kier molecular flexibility index (Phi) is 6.87. The van der Waals surface area contributed by atoms with Crippen LogP contribution in [0.25, 0.3) is 0 Å². The molecule has 0 bridgehead atoms. The van der Waals surface area contributed by atoms with Crippen molar-refractivity contribution in [2.24, 2.45) is 0 Å². The normalized spacial score (nSPS) is 10.1. The van der Waals surface area contributed by atoms with E-state index in [4.69, 9.17) is 44.9 Å². The Morgan fingerprint density at radius 1 is 1.12 bits per heavy atom. The molecule has 0 aliphatic heterocycles. The maximum atomic E-state index is 12.1. The molecule has 5 nitrogen and oxygen atoms in total. The second-order valence-electron chi connectivity index (χ2n) is 4.95. The smallest absolute Gasteiger partial charge is 0.257 e. The van der Waals surface area contributed by atoms with Gasteiger partial charge in [-0.3, -0.25) is 10.1 Å². The fourth-order valence-corrected chi connectivity index (χ4v) is 2.63. The summed E-state index contributed by atoms with van der Waals surface area (Å²) in [6.45, 7) is 0.313. The Labute approximate surface area is 161 Å². The Bertz CT molecular complexity index is 799. The van der Waals surface area contributed by atoms with Gasteiger partial charge in [-0.2, -0.15) is 0 Å². The monoisotopic (exact) mass is 398 g/mol. The fourth-order valence-electron chi connectivity index (χ4n) is 2.06. The van der Waals surface area contributed by atoms with Crippen molar-refractivity contribution in [3.63, 3.8) is 0 Å². The van der Waals surface area contributed by atoms with Crippen molar-refractivity contribution in [2.45, 2.75) is 6.54 Å². The van der Waals surface area contributed by atoms with E-state index in [0.717, 1.165) is 5.56 Å². The minimum atomic E-state index is -0.349. The molecule has 2 N–H and O–H groups in total. The molecule has 0 fully saturated rings. The lowest BCUT2D eigenvalue weighted by molar-refractivity contribution is 0.0976. The van der Waals surface area contributed by atoms with Gasteiger partial charge in [0.1, 0.15) is 0 Å². The van der Waals surface area contributed by atoms with Crippen LogP contribution in [0.4, 0.5) is 0 Å². The molecular formula is C17H16Cl2N2O3S. The maximum Gasteiger partial charge on any atom is 0.257 e. The van der Waals surface area contributed by atoms with Crippen LogP contribution in [-0.2, 0) is 6.54 Å². The van der Waals surface area contributed by atoms with Crippen molar-refractivity contribution >= 4 is 46.4 Å². The Morgan fingerprint density at radius 3 is 2.44 bits per heavy atom. The number of nitrogens with one attached hydrogen (secondary N) is 2. The molecule has 25 heavy (non-hydrogen) atoms. The standard InChI is InChI=1S/C17H16Cl2N2O3S/c1-23-14-7-11(13(19)8-15(14)24-2)9-20-17(25)21-16(22)10-4-3-5-12(18)6-10/h3-8H,9H2,1-2H3,(H2,20,21,22,25). The number of methoxy groups -OCH3 is 2. The van der Waals surface area contributed by atoms with Gasteiger partial charge in [0.15, 0.2) is 16.6 Å². The number of thiocarbonyl (C=S) groups is 1. The van der Waals surface area contributed by atoms with E-state index in [9.17, 15) is 4.79 Å². The number of hydrogen-bond donors (Lipinski definition) is 2. The quantitative estimate of drug-likeness (QED) is 0.749. The molecule has 1 amide bonds. The summed E-state index contributed by atoms with van der Waals surface area (Å²) in [5, 5.41) is 6.66. The molecule has 0 spiro atoms. The first kappa shape index (κ1) is 19.3. The molecule has 0 aliphatic carbocycles. The summed E-state index contributed by atoms with van der Waals surface area (Å²) >= 11 is 17.2. The van der Waals surface area contributed by atoms with E-state index in [2.05, 4.69) is 10.6 Å². The van der Waals surface area contributed by atoms with E-state index in [-0.39, 0.29) is 11.0 Å². The molecule has 0 aliphatic rings. The van der Waals surface area contributed by atoms with Gasteiger partial charge < -0.3 is 14.8 Å². The highest BCUT2D eigenvalue weighted by Crippen LogP contribution is 2.32. The van der Waals surface area contributed by atoms with Crippen LogP contribution in [0.5, 0.6) is 11.5 Å². The van der Waals surface area contributed by atoms with Crippen LogP contribution in [-0.4, -0.2) is 25.2 Å². The lowest BCUT2D eigenvalue weighted by Crippen LogP contribution is -2.38. The molecule has 132 valence electrons. The molecule has 0 atom stereocenters. The third kappa shape index (κ3) is 5.22. The number of amides is 1. The molecule has 0 heterocycles. The van der Waals surface area contributed by atoms with E-state index in [1.165, 1.54) is 7.11 Å². The van der Waals surface area contributed by atoms with Crippen molar-refractivity contribution < 1.29 is 14.3 Å². The van der Waals surface area contributed by atoms with Crippen LogP contribution in [0.2, 0.25) is 10.0 Å². The van der Waals surface area contributed by atoms with Crippen LogP contribution in [0.3, 0.4) is 0 Å². The summed E-state index contributed by atoms with van der Waals surface area (Å²) in [5.74, 6) is 0.740. The average molecular weight is 399 g/mol. The first-order valence-electron chi connectivity index (χ1n) is 7.19. The van der Waals surface area contributed by atoms with Crippen molar-refractivity contribution in [3.05, 3.63) is 57.6 Å². The summed E-state index contributed by atoms with van der Waals surface area (Å²) in [6.07, 6.45) is 0. The lowest BCUT2D eigenvalue weighted by Gasteiger charge is -2.13. The molecule has 2 aromatic rings. The number of ether oxygens (including phenoxy) is 2. The minimum absolute atomic E-state index is 0.177. The van der Waals surface area contributed by atoms with Crippen molar-refractivity contribution in [1.82, 2.24) is 10.6 Å². The first-order chi connectivity index (χ1) is 11.9. The minimum Gasteiger partial charge on any atom is -0.493 e. The highest BCUT2D eigenvalue weighted by Gasteiger charge is 2.12. The highest BCUT2D eigenvalue weighted by molar-refractivity contribution is 7.80. The molecule has 0 saturated carbocycles. The molecule has 2 aromatic carbocycles. The zero-order chi connectivity index (χ0) is 18.4. The topological polar surface area (TPSA) is 59.6 Å². The number of carbonyl (C=O) groups excluding carboxylic acids is 1. The number of hydrogen-bond acceptors (Lipinski definition) is 4. The van der Waals surface area contributed by atoms with Gasteiger partial charge in [0.05, 0.1) is 14.2 Å². The number of rotatable bonds is 5. The molecule has 0 radical (unpaired) electrons. The number of halogens is 2. The summed E-state index contributed by atoms with van der Waals surface area (Å²) in [4.78, 5) is 12.1. The molecule has 8 heteroatoms. The van der Waals surface area contributed by atoms with Gasteiger partial charge in [-0.1, -0.05) is 29.3 Å². The molecular weight excluding hydrogens is 383 g/mol. The summed E-state index contributed by atoms with van der Waals surface area (Å²) in [6, 6.07) is 9.99. The third-order valence-electron chi connectivity index (χ3n) is 3.31. The van der Waals surface area contributed by atoms with E-state index < -0.39 is 0 Å². The summed E-state index contributed by atoms with van der Waals surface area (Å²) in [7, 11) is 3.07. The summed E-state index contributed by atoms with van der Waals surface area (Å²) in [5.41, 5.74) is 1.17. The van der Waals surface area contributed by atoms with Crippen LogP contribution in [0.1, 0.15) is 15.9 Å². The summed E-state index contributed by atoms with van der Waals surface area (Å²) < 4.78 is 10.4. The predicted molar refractivity (Wildman–Crippen MR) is 103 cm³/mol. The molecule has 2 rings (SSSR count). The number of benzene rings is 2. The van der Waals surface area contributed by atoms with Gasteiger partial charge in [-0.15, -0.1) is 0 Å². The predicted octanol–water partition coefficient (Wildman–Crippen LogP) is 3.82. The largest absolute Gasteiger partial charge is 0.493 e. The van der Waals surface area contributed by atoms with Crippen LogP contribution in [0, 0.1) is 0 Å². The Morgan fingerprint density at radius 2 is 1.80 bits per heavy atom. The van der Waals surface area contributed by atoms with E-state index >= 15 is 0 Å². The Hall–Kier alpha value is -2.02. The second-order valence-corrected chi connectivity index (χ2v) is 6.20. The zero-order valence-electron chi connectivity index (χ0n) is 13.6. The zero-order valence-corrected chi connectivity index (χ0v) is 15.9. The van der Waals surface area contributed by atoms with Crippen molar-refractivity contribution in [1.29, 1.82) is 0 Å². The van der Waals surface area contributed by atoms with Gasteiger partial charge >= 0.3 is 0 Å². The van der Waals surface area contributed by atoms with E-state index in [0.29, 0.717) is 33.7 Å². The van der Waals surface area contributed by atoms with Gasteiger partial charge in [0.25, 0.3) is 5.91 Å².